The molecule has 122 valence electrons. The Morgan fingerprint density at radius 1 is 1.41 bits per heavy atom. The molecule has 0 radical (unpaired) electrons. The summed E-state index contributed by atoms with van der Waals surface area (Å²) in [6.45, 7) is 1.86. The number of aliphatic hydroxyl groups excluding tert-OH is 1. The van der Waals surface area contributed by atoms with Crippen molar-refractivity contribution in [3.8, 4) is 0 Å². The maximum absolute atomic E-state index is 13.0. The molecule has 1 spiro atoms. The van der Waals surface area contributed by atoms with Gasteiger partial charge in [-0.3, -0.25) is 4.79 Å². The summed E-state index contributed by atoms with van der Waals surface area (Å²) in [5.41, 5.74) is -0.973. The zero-order chi connectivity index (χ0) is 16.0. The second kappa shape index (κ2) is 5.31. The summed E-state index contributed by atoms with van der Waals surface area (Å²) >= 11 is 0. The van der Waals surface area contributed by atoms with E-state index in [2.05, 4.69) is 5.16 Å². The molecular weight excluding hydrogens is 290 g/mol. The Labute approximate surface area is 128 Å². The number of ether oxygens (including phenoxy) is 2. The molecule has 3 atom stereocenters. The predicted molar refractivity (Wildman–Crippen MR) is 74.9 cm³/mol. The van der Waals surface area contributed by atoms with Gasteiger partial charge in [0.05, 0.1) is 18.1 Å². The third-order valence-corrected chi connectivity index (χ3v) is 5.17. The van der Waals surface area contributed by atoms with Crippen LogP contribution in [-0.2, 0) is 23.9 Å². The average Bonchev–Trinajstić information content (AvgIpc) is 3.00. The molecule has 2 saturated carbocycles. The van der Waals surface area contributed by atoms with Crippen molar-refractivity contribution in [2.24, 2.45) is 16.5 Å². The molecule has 0 aromatic rings. The van der Waals surface area contributed by atoms with E-state index in [4.69, 9.17) is 14.3 Å². The minimum atomic E-state index is -1.70. The van der Waals surface area contributed by atoms with E-state index in [0.29, 0.717) is 12.8 Å². The van der Waals surface area contributed by atoms with Crippen molar-refractivity contribution in [3.05, 3.63) is 0 Å². The highest BCUT2D eigenvalue weighted by atomic mass is 16.8. The number of ketones is 1. The van der Waals surface area contributed by atoms with Gasteiger partial charge in [0, 0.05) is 7.11 Å². The second-order valence-corrected chi connectivity index (χ2v) is 6.13. The van der Waals surface area contributed by atoms with Gasteiger partial charge in [-0.05, 0) is 19.8 Å². The molecule has 7 nitrogen and oxygen atoms in total. The number of esters is 1. The van der Waals surface area contributed by atoms with Crippen LogP contribution in [0.4, 0.5) is 0 Å². The molecule has 0 amide bonds. The Hall–Kier alpha value is -1.47. The summed E-state index contributed by atoms with van der Waals surface area (Å²) in [5.74, 6) is -3.60. The van der Waals surface area contributed by atoms with Crippen molar-refractivity contribution in [1.82, 2.24) is 0 Å². The van der Waals surface area contributed by atoms with Crippen molar-refractivity contribution in [3.63, 3.8) is 0 Å². The number of carbonyl (C=O) groups excluding carboxylic acids is 2. The Balaban J connectivity index is 2.00. The molecule has 0 aromatic heterocycles. The zero-order valence-electron chi connectivity index (χ0n) is 12.8. The molecular formula is C15H21NO6. The molecule has 2 aliphatic carbocycles. The number of hydrogen-bond acceptors (Lipinski definition) is 7. The number of aliphatic hydroxyl groups is 1. The van der Waals surface area contributed by atoms with Crippen LogP contribution in [0.2, 0.25) is 0 Å². The van der Waals surface area contributed by atoms with Crippen molar-refractivity contribution < 1.29 is 29.0 Å². The molecule has 2 fully saturated rings. The topological polar surface area (TPSA) is 94.4 Å². The highest BCUT2D eigenvalue weighted by Gasteiger charge is 2.74. The first kappa shape index (κ1) is 15.4. The molecule has 0 bridgehead atoms. The Kier molecular flexibility index (Phi) is 3.72. The number of hydrogen-bond donors (Lipinski definition) is 1. The van der Waals surface area contributed by atoms with Crippen LogP contribution in [0.3, 0.4) is 0 Å². The standard InChI is InChI=1S/C15H21NO6/c1-3-21-12(18)10-9-11(17)14(7-5-4-6-8-14)13(19)15(9,20-2)22-16-10/h9,11,17H,3-8H2,1-2H3/t9?,11?,15-/m1/s1. The summed E-state index contributed by atoms with van der Waals surface area (Å²) < 4.78 is 10.3. The summed E-state index contributed by atoms with van der Waals surface area (Å²) in [4.78, 5) is 30.3. The molecule has 3 aliphatic rings. The van der Waals surface area contributed by atoms with E-state index in [1.165, 1.54) is 7.11 Å². The summed E-state index contributed by atoms with van der Waals surface area (Å²) in [5, 5.41) is 14.6. The summed E-state index contributed by atoms with van der Waals surface area (Å²) in [7, 11) is 1.34. The van der Waals surface area contributed by atoms with Gasteiger partial charge in [-0.2, -0.15) is 0 Å². The monoisotopic (exact) mass is 311 g/mol. The SMILES string of the molecule is CCOC(=O)C1=NO[C@@]2(OC)C(=O)C3(CCCCC3)C(O)C12. The first-order valence-corrected chi connectivity index (χ1v) is 7.75. The Bertz CT molecular complexity index is 524. The molecule has 2 unspecified atom stereocenters. The fourth-order valence-electron chi connectivity index (χ4n) is 4.08. The largest absolute Gasteiger partial charge is 0.461 e. The van der Waals surface area contributed by atoms with E-state index >= 15 is 0 Å². The summed E-state index contributed by atoms with van der Waals surface area (Å²) in [6, 6.07) is 0. The van der Waals surface area contributed by atoms with Gasteiger partial charge in [-0.25, -0.2) is 4.79 Å². The number of Topliss-reactive ketones (excluding diaryl/α,β-unsaturated/α-hetero) is 1. The normalized spacial score (nSPS) is 36.0. The zero-order valence-corrected chi connectivity index (χ0v) is 12.8. The van der Waals surface area contributed by atoms with Crippen LogP contribution in [0.1, 0.15) is 39.0 Å². The molecule has 0 aromatic carbocycles. The van der Waals surface area contributed by atoms with Gasteiger partial charge >= 0.3 is 11.8 Å². The lowest BCUT2D eigenvalue weighted by Gasteiger charge is -2.35. The lowest BCUT2D eigenvalue weighted by atomic mass is 9.70. The number of fused-ring (bicyclic) bond motifs is 1. The number of oxime groups is 1. The van der Waals surface area contributed by atoms with E-state index in [1.54, 1.807) is 6.92 Å². The van der Waals surface area contributed by atoms with Crippen molar-refractivity contribution in [2.75, 3.05) is 13.7 Å². The van der Waals surface area contributed by atoms with Gasteiger partial charge in [-0.15, -0.1) is 0 Å². The van der Waals surface area contributed by atoms with Crippen LogP contribution < -0.4 is 0 Å². The molecule has 1 heterocycles. The third kappa shape index (κ3) is 1.78. The number of methoxy groups -OCH3 is 1. The minimum Gasteiger partial charge on any atom is -0.461 e. The van der Waals surface area contributed by atoms with E-state index in [-0.39, 0.29) is 18.1 Å². The van der Waals surface area contributed by atoms with Gasteiger partial charge in [0.2, 0.25) is 5.78 Å². The Morgan fingerprint density at radius 3 is 2.68 bits per heavy atom. The van der Waals surface area contributed by atoms with Crippen LogP contribution in [-0.4, -0.2) is 48.2 Å². The van der Waals surface area contributed by atoms with Gasteiger partial charge in [0.15, 0.2) is 5.71 Å². The van der Waals surface area contributed by atoms with Crippen molar-refractivity contribution in [1.29, 1.82) is 0 Å². The average molecular weight is 311 g/mol. The van der Waals surface area contributed by atoms with Crippen LogP contribution in [0.25, 0.3) is 0 Å². The Morgan fingerprint density at radius 2 is 2.09 bits per heavy atom. The van der Waals surface area contributed by atoms with E-state index in [1.807, 2.05) is 0 Å². The van der Waals surface area contributed by atoms with Crippen LogP contribution in [0.5, 0.6) is 0 Å². The fraction of sp³-hybridized carbons (Fsp3) is 0.800. The smallest absolute Gasteiger partial charge is 0.356 e. The van der Waals surface area contributed by atoms with Gasteiger partial charge < -0.3 is 19.4 Å². The molecule has 1 N–H and O–H groups in total. The number of rotatable bonds is 3. The minimum absolute atomic E-state index is 0.0630. The van der Waals surface area contributed by atoms with Gasteiger partial charge in [0.1, 0.15) is 5.92 Å². The fourth-order valence-corrected chi connectivity index (χ4v) is 4.08. The highest BCUT2D eigenvalue weighted by molar-refractivity contribution is 6.39. The van der Waals surface area contributed by atoms with Crippen LogP contribution in [0, 0.1) is 11.3 Å². The molecule has 1 aliphatic heterocycles. The van der Waals surface area contributed by atoms with Crippen LogP contribution in [0.15, 0.2) is 5.16 Å². The quantitative estimate of drug-likeness (QED) is 0.774. The lowest BCUT2D eigenvalue weighted by Crippen LogP contribution is -2.47. The molecule has 22 heavy (non-hydrogen) atoms. The van der Waals surface area contributed by atoms with Crippen molar-refractivity contribution in [2.45, 2.75) is 50.9 Å². The molecule has 3 rings (SSSR count). The maximum Gasteiger partial charge on any atom is 0.356 e. The first-order valence-electron chi connectivity index (χ1n) is 7.75. The third-order valence-electron chi connectivity index (χ3n) is 5.17. The number of carbonyl (C=O) groups is 2. The molecule has 0 saturated heterocycles. The predicted octanol–water partition coefficient (Wildman–Crippen LogP) is 0.789. The first-order chi connectivity index (χ1) is 10.5. The second-order valence-electron chi connectivity index (χ2n) is 6.13. The van der Waals surface area contributed by atoms with Gasteiger partial charge in [0.25, 0.3) is 0 Å². The lowest BCUT2D eigenvalue weighted by molar-refractivity contribution is -0.216. The molecule has 7 heteroatoms. The number of nitrogens with zero attached hydrogens (tertiary/aromatic N) is 1. The van der Waals surface area contributed by atoms with Crippen molar-refractivity contribution >= 4 is 17.5 Å². The van der Waals surface area contributed by atoms with E-state index in [0.717, 1.165) is 19.3 Å². The van der Waals surface area contributed by atoms with Gasteiger partial charge in [-0.1, -0.05) is 24.4 Å². The van der Waals surface area contributed by atoms with E-state index < -0.39 is 29.2 Å². The maximum atomic E-state index is 13.0. The van der Waals surface area contributed by atoms with E-state index in [9.17, 15) is 14.7 Å². The summed E-state index contributed by atoms with van der Waals surface area (Å²) in [6.07, 6.45) is 2.86. The highest BCUT2D eigenvalue weighted by Crippen LogP contribution is 2.56. The van der Waals surface area contributed by atoms with Crippen LogP contribution >= 0.6 is 0 Å².